The molecule has 2 saturated carbocycles. The summed E-state index contributed by atoms with van der Waals surface area (Å²) in [5.41, 5.74) is 7.16. The van der Waals surface area contributed by atoms with E-state index in [2.05, 4.69) is 0 Å². The van der Waals surface area contributed by atoms with Gasteiger partial charge in [0.25, 0.3) is 0 Å². The lowest BCUT2D eigenvalue weighted by Gasteiger charge is -2.26. The summed E-state index contributed by atoms with van der Waals surface area (Å²) >= 11 is 0. The smallest absolute Gasteiger partial charge is 0.311 e. The van der Waals surface area contributed by atoms with Crippen LogP contribution in [0, 0.1) is 17.8 Å². The van der Waals surface area contributed by atoms with Gasteiger partial charge in [-0.15, -0.1) is 0 Å². The molecule has 1 aromatic carbocycles. The van der Waals surface area contributed by atoms with Gasteiger partial charge in [0.1, 0.15) is 6.61 Å². The van der Waals surface area contributed by atoms with Crippen molar-refractivity contribution < 1.29 is 9.53 Å². The number of nitrogens with two attached hydrogens (primary N) is 1. The number of carbonyl (C=O) groups is 1. The summed E-state index contributed by atoms with van der Waals surface area (Å²) in [6.45, 7) is 0.361. The number of benzene rings is 1. The molecule has 0 aliphatic heterocycles. The van der Waals surface area contributed by atoms with E-state index in [1.807, 2.05) is 30.3 Å². The molecule has 0 saturated heterocycles. The highest BCUT2D eigenvalue weighted by Crippen LogP contribution is 2.48. The SMILES string of the molecule is NC1C2CCC(C2)C1C(=O)OCc1ccccc1. The third kappa shape index (κ3) is 2.03. The van der Waals surface area contributed by atoms with E-state index < -0.39 is 0 Å². The summed E-state index contributed by atoms with van der Waals surface area (Å²) in [5.74, 6) is 0.851. The first-order chi connectivity index (χ1) is 8.75. The minimum Gasteiger partial charge on any atom is -0.461 e. The Labute approximate surface area is 107 Å². The number of fused-ring (bicyclic) bond motifs is 2. The Bertz CT molecular complexity index is 429. The summed E-state index contributed by atoms with van der Waals surface area (Å²) in [6.07, 6.45) is 3.45. The first-order valence-corrected chi connectivity index (χ1v) is 6.72. The highest BCUT2D eigenvalue weighted by molar-refractivity contribution is 5.74. The molecule has 0 spiro atoms. The molecular formula is C15H19NO2. The van der Waals surface area contributed by atoms with Crippen LogP contribution in [0.5, 0.6) is 0 Å². The van der Waals surface area contributed by atoms with Crippen molar-refractivity contribution in [1.29, 1.82) is 0 Å². The number of hydrogen-bond donors (Lipinski definition) is 1. The number of ether oxygens (including phenoxy) is 1. The largest absolute Gasteiger partial charge is 0.461 e. The second kappa shape index (κ2) is 4.73. The quantitative estimate of drug-likeness (QED) is 0.830. The Hall–Kier alpha value is -1.35. The summed E-state index contributed by atoms with van der Waals surface area (Å²) in [5, 5.41) is 0. The van der Waals surface area contributed by atoms with Crippen LogP contribution in [-0.2, 0) is 16.1 Å². The van der Waals surface area contributed by atoms with Gasteiger partial charge in [0.15, 0.2) is 0 Å². The van der Waals surface area contributed by atoms with Crippen molar-refractivity contribution in [3.8, 4) is 0 Å². The first kappa shape index (κ1) is 11.7. The standard InChI is InChI=1S/C15H19NO2/c16-14-12-7-6-11(8-12)13(14)15(17)18-9-10-4-2-1-3-5-10/h1-5,11-14H,6-9,16H2. The molecule has 0 radical (unpaired) electrons. The van der Waals surface area contributed by atoms with Crippen LogP contribution in [0.3, 0.4) is 0 Å². The number of hydrogen-bond acceptors (Lipinski definition) is 3. The van der Waals surface area contributed by atoms with Gasteiger partial charge >= 0.3 is 5.97 Å². The van der Waals surface area contributed by atoms with Gasteiger partial charge in [0, 0.05) is 6.04 Å². The number of esters is 1. The molecule has 2 aliphatic rings. The van der Waals surface area contributed by atoms with Crippen LogP contribution < -0.4 is 5.73 Å². The molecule has 18 heavy (non-hydrogen) atoms. The van der Waals surface area contributed by atoms with E-state index in [-0.39, 0.29) is 17.9 Å². The molecule has 0 heterocycles. The molecule has 2 bridgehead atoms. The fourth-order valence-electron chi connectivity index (χ4n) is 3.51. The van der Waals surface area contributed by atoms with Crippen LogP contribution in [0.15, 0.2) is 30.3 Å². The summed E-state index contributed by atoms with van der Waals surface area (Å²) in [7, 11) is 0. The molecule has 3 nitrogen and oxygen atoms in total. The van der Waals surface area contributed by atoms with Crippen molar-refractivity contribution in [2.45, 2.75) is 31.9 Å². The second-order valence-electron chi connectivity index (χ2n) is 5.53. The Morgan fingerprint density at radius 2 is 1.94 bits per heavy atom. The van der Waals surface area contributed by atoms with Gasteiger partial charge in [-0.1, -0.05) is 30.3 Å². The third-order valence-corrected chi connectivity index (χ3v) is 4.48. The topological polar surface area (TPSA) is 52.3 Å². The molecule has 0 amide bonds. The Morgan fingerprint density at radius 3 is 2.61 bits per heavy atom. The summed E-state index contributed by atoms with van der Waals surface area (Å²) in [4.78, 5) is 12.1. The second-order valence-corrected chi connectivity index (χ2v) is 5.53. The van der Waals surface area contributed by atoms with Crippen molar-refractivity contribution in [2.75, 3.05) is 0 Å². The van der Waals surface area contributed by atoms with Crippen LogP contribution in [0.1, 0.15) is 24.8 Å². The highest BCUT2D eigenvalue weighted by Gasteiger charge is 2.49. The fourth-order valence-corrected chi connectivity index (χ4v) is 3.51. The predicted octanol–water partition coefficient (Wildman–Crippen LogP) is 2.10. The van der Waals surface area contributed by atoms with Crippen molar-refractivity contribution in [1.82, 2.24) is 0 Å². The maximum absolute atomic E-state index is 12.1. The van der Waals surface area contributed by atoms with Crippen molar-refractivity contribution >= 4 is 5.97 Å². The van der Waals surface area contributed by atoms with Crippen LogP contribution in [-0.4, -0.2) is 12.0 Å². The number of carbonyl (C=O) groups excluding carboxylic acids is 1. The summed E-state index contributed by atoms with van der Waals surface area (Å²) in [6, 6.07) is 9.81. The van der Waals surface area contributed by atoms with E-state index >= 15 is 0 Å². The van der Waals surface area contributed by atoms with Gasteiger partial charge < -0.3 is 10.5 Å². The molecule has 3 rings (SSSR count). The number of rotatable bonds is 3. The molecular weight excluding hydrogens is 226 g/mol. The third-order valence-electron chi connectivity index (χ3n) is 4.48. The average Bonchev–Trinajstić information content (AvgIpc) is 2.98. The van der Waals surface area contributed by atoms with E-state index in [1.54, 1.807) is 0 Å². The normalized spacial score (nSPS) is 33.6. The maximum Gasteiger partial charge on any atom is 0.311 e. The van der Waals surface area contributed by atoms with Crippen molar-refractivity contribution in [3.63, 3.8) is 0 Å². The monoisotopic (exact) mass is 245 g/mol. The Morgan fingerprint density at radius 1 is 1.22 bits per heavy atom. The van der Waals surface area contributed by atoms with Gasteiger partial charge in [-0.2, -0.15) is 0 Å². The van der Waals surface area contributed by atoms with Gasteiger partial charge in [0.05, 0.1) is 5.92 Å². The van der Waals surface area contributed by atoms with E-state index in [9.17, 15) is 4.79 Å². The highest BCUT2D eigenvalue weighted by atomic mass is 16.5. The van der Waals surface area contributed by atoms with Crippen LogP contribution in [0.25, 0.3) is 0 Å². The molecule has 2 aliphatic carbocycles. The first-order valence-electron chi connectivity index (χ1n) is 6.72. The van der Waals surface area contributed by atoms with E-state index in [0.717, 1.165) is 18.4 Å². The fraction of sp³-hybridized carbons (Fsp3) is 0.533. The van der Waals surface area contributed by atoms with E-state index in [1.165, 1.54) is 6.42 Å². The Balaban J connectivity index is 1.59. The van der Waals surface area contributed by atoms with Gasteiger partial charge in [-0.05, 0) is 36.7 Å². The van der Waals surface area contributed by atoms with Crippen LogP contribution in [0.2, 0.25) is 0 Å². The lowest BCUT2D eigenvalue weighted by Crippen LogP contribution is -2.40. The summed E-state index contributed by atoms with van der Waals surface area (Å²) < 4.78 is 5.42. The zero-order chi connectivity index (χ0) is 12.5. The molecule has 1 aromatic rings. The zero-order valence-electron chi connectivity index (χ0n) is 10.4. The van der Waals surface area contributed by atoms with Crippen molar-refractivity contribution in [3.05, 3.63) is 35.9 Å². The van der Waals surface area contributed by atoms with Gasteiger partial charge in [-0.3, -0.25) is 4.79 Å². The molecule has 4 unspecified atom stereocenters. The van der Waals surface area contributed by atoms with E-state index in [0.29, 0.717) is 18.4 Å². The zero-order valence-corrected chi connectivity index (χ0v) is 10.4. The maximum atomic E-state index is 12.1. The minimum atomic E-state index is -0.0986. The average molecular weight is 245 g/mol. The van der Waals surface area contributed by atoms with Gasteiger partial charge in [0.2, 0.25) is 0 Å². The Kier molecular flexibility index (Phi) is 3.08. The lowest BCUT2D eigenvalue weighted by atomic mass is 9.85. The van der Waals surface area contributed by atoms with Crippen LogP contribution >= 0.6 is 0 Å². The molecule has 3 heteroatoms. The van der Waals surface area contributed by atoms with Gasteiger partial charge in [-0.25, -0.2) is 0 Å². The van der Waals surface area contributed by atoms with E-state index in [4.69, 9.17) is 10.5 Å². The molecule has 2 fully saturated rings. The minimum absolute atomic E-state index is 0.0204. The molecule has 96 valence electrons. The molecule has 2 N–H and O–H groups in total. The molecule has 0 aromatic heterocycles. The van der Waals surface area contributed by atoms with Crippen molar-refractivity contribution in [2.24, 2.45) is 23.5 Å². The lowest BCUT2D eigenvalue weighted by molar-refractivity contribution is -0.152. The van der Waals surface area contributed by atoms with Crippen LogP contribution in [0.4, 0.5) is 0 Å². The predicted molar refractivity (Wildman–Crippen MR) is 68.5 cm³/mol. The molecule has 4 atom stereocenters.